The molecular weight excluding hydrogens is 202 g/mol. The average Bonchev–Trinajstić information content (AvgIpc) is 2.05. The molecule has 1 rings (SSSR count). The number of aryl methyl sites for hydroxylation is 2. The monoisotopic (exact) mass is 215 g/mol. The van der Waals surface area contributed by atoms with Crippen LogP contribution in [0.5, 0.6) is 0 Å². The Morgan fingerprint density at radius 1 is 1.29 bits per heavy atom. The zero-order chi connectivity index (χ0) is 10.8. The lowest BCUT2D eigenvalue weighted by atomic mass is 10.1. The molecule has 0 aromatic heterocycles. The minimum Gasteiger partial charge on any atom is -0.249 e. The lowest BCUT2D eigenvalue weighted by Crippen LogP contribution is -2.09. The Kier molecular flexibility index (Phi) is 3.13. The van der Waals surface area contributed by atoms with Gasteiger partial charge in [-0.25, -0.2) is 5.48 Å². The van der Waals surface area contributed by atoms with Crippen LogP contribution in [0.3, 0.4) is 0 Å². The number of hydrogen-bond acceptors (Lipinski definition) is 4. The van der Waals surface area contributed by atoms with E-state index < -0.39 is 10.1 Å². The van der Waals surface area contributed by atoms with Crippen LogP contribution in [0.25, 0.3) is 0 Å². The van der Waals surface area contributed by atoms with Gasteiger partial charge in [0.15, 0.2) is 0 Å². The van der Waals surface area contributed by atoms with Crippen LogP contribution in [0.1, 0.15) is 11.1 Å². The SMILES string of the molecule is Cc1ccc(C)c(NOS(C)(=O)=O)c1. The summed E-state index contributed by atoms with van der Waals surface area (Å²) in [5.41, 5.74) is 5.04. The second-order valence-corrected chi connectivity index (χ2v) is 4.78. The summed E-state index contributed by atoms with van der Waals surface area (Å²) in [6.07, 6.45) is 0.991. The van der Waals surface area contributed by atoms with Crippen LogP contribution in [-0.2, 0) is 14.4 Å². The molecule has 0 aliphatic carbocycles. The maximum atomic E-state index is 10.7. The van der Waals surface area contributed by atoms with E-state index in [1.54, 1.807) is 0 Å². The molecule has 0 bridgehead atoms. The molecule has 0 saturated heterocycles. The van der Waals surface area contributed by atoms with Crippen LogP contribution >= 0.6 is 0 Å². The van der Waals surface area contributed by atoms with Gasteiger partial charge in [-0.1, -0.05) is 12.1 Å². The molecule has 0 unspecified atom stereocenters. The second kappa shape index (κ2) is 3.98. The highest BCUT2D eigenvalue weighted by molar-refractivity contribution is 7.86. The van der Waals surface area contributed by atoms with E-state index in [0.717, 1.165) is 17.4 Å². The predicted octanol–water partition coefficient (Wildman–Crippen LogP) is 1.61. The van der Waals surface area contributed by atoms with Crippen LogP contribution in [-0.4, -0.2) is 14.7 Å². The number of anilines is 1. The van der Waals surface area contributed by atoms with Crippen LogP contribution in [0.4, 0.5) is 5.69 Å². The minimum absolute atomic E-state index is 0.662. The van der Waals surface area contributed by atoms with Gasteiger partial charge in [0.2, 0.25) is 0 Å². The Labute approximate surface area is 84.0 Å². The van der Waals surface area contributed by atoms with Gasteiger partial charge in [0.25, 0.3) is 10.1 Å². The molecule has 14 heavy (non-hydrogen) atoms. The first-order chi connectivity index (χ1) is 6.38. The van der Waals surface area contributed by atoms with Gasteiger partial charge < -0.3 is 0 Å². The van der Waals surface area contributed by atoms with Gasteiger partial charge in [-0.05, 0) is 31.0 Å². The van der Waals surface area contributed by atoms with Crippen molar-refractivity contribution in [3.63, 3.8) is 0 Å². The summed E-state index contributed by atoms with van der Waals surface area (Å²) >= 11 is 0. The fourth-order valence-electron chi connectivity index (χ4n) is 0.966. The van der Waals surface area contributed by atoms with Crippen LogP contribution in [0.2, 0.25) is 0 Å². The van der Waals surface area contributed by atoms with Crippen molar-refractivity contribution in [1.29, 1.82) is 0 Å². The van der Waals surface area contributed by atoms with E-state index in [-0.39, 0.29) is 0 Å². The number of benzene rings is 1. The molecule has 0 aliphatic rings. The quantitative estimate of drug-likeness (QED) is 0.778. The van der Waals surface area contributed by atoms with Crippen LogP contribution in [0.15, 0.2) is 18.2 Å². The van der Waals surface area contributed by atoms with E-state index in [4.69, 9.17) is 0 Å². The summed E-state index contributed by atoms with van der Waals surface area (Å²) in [6.45, 7) is 3.79. The molecule has 0 amide bonds. The Balaban J connectivity index is 2.81. The Bertz CT molecular complexity index is 426. The highest BCUT2D eigenvalue weighted by atomic mass is 32.2. The van der Waals surface area contributed by atoms with Crippen molar-refractivity contribution in [1.82, 2.24) is 0 Å². The van der Waals surface area contributed by atoms with Crippen molar-refractivity contribution in [2.45, 2.75) is 13.8 Å². The molecule has 1 N–H and O–H groups in total. The largest absolute Gasteiger partial charge is 0.284 e. The van der Waals surface area contributed by atoms with Crippen molar-refractivity contribution in [3.8, 4) is 0 Å². The van der Waals surface area contributed by atoms with Crippen LogP contribution in [0, 0.1) is 13.8 Å². The molecule has 0 heterocycles. The number of rotatable bonds is 3. The molecule has 4 nitrogen and oxygen atoms in total. The molecule has 78 valence electrons. The third-order valence-corrected chi connectivity index (χ3v) is 2.08. The van der Waals surface area contributed by atoms with Gasteiger partial charge in [0.05, 0.1) is 11.9 Å². The molecule has 0 atom stereocenters. The number of nitrogens with one attached hydrogen (secondary N) is 1. The van der Waals surface area contributed by atoms with E-state index in [1.807, 2.05) is 32.0 Å². The first kappa shape index (κ1) is 11.0. The molecule has 0 fully saturated rings. The summed E-state index contributed by atoms with van der Waals surface area (Å²) in [4.78, 5) is 0. The van der Waals surface area contributed by atoms with Gasteiger partial charge >= 0.3 is 0 Å². The van der Waals surface area contributed by atoms with Gasteiger partial charge in [0, 0.05) is 0 Å². The summed E-state index contributed by atoms with van der Waals surface area (Å²) < 4.78 is 25.9. The molecular formula is C9H13NO3S. The maximum Gasteiger partial charge on any atom is 0.284 e. The highest BCUT2D eigenvalue weighted by Crippen LogP contribution is 2.16. The van der Waals surface area contributed by atoms with Gasteiger partial charge in [-0.2, -0.15) is 12.7 Å². The lowest BCUT2D eigenvalue weighted by molar-refractivity contribution is 0.395. The summed E-state index contributed by atoms with van der Waals surface area (Å²) in [5.74, 6) is 0. The van der Waals surface area contributed by atoms with Crippen molar-refractivity contribution in [3.05, 3.63) is 29.3 Å². The maximum absolute atomic E-state index is 10.7. The fourth-order valence-corrected chi connectivity index (χ4v) is 1.21. The van der Waals surface area contributed by atoms with Gasteiger partial charge in [-0.15, -0.1) is 0 Å². The van der Waals surface area contributed by atoms with Crippen LogP contribution < -0.4 is 5.48 Å². The molecule has 0 spiro atoms. The highest BCUT2D eigenvalue weighted by Gasteiger charge is 2.03. The summed E-state index contributed by atoms with van der Waals surface area (Å²) in [7, 11) is -3.46. The first-order valence-electron chi connectivity index (χ1n) is 4.10. The molecule has 5 heteroatoms. The Hall–Kier alpha value is -1.07. The van der Waals surface area contributed by atoms with Gasteiger partial charge in [0.1, 0.15) is 0 Å². The normalized spacial score (nSPS) is 11.4. The van der Waals surface area contributed by atoms with Crippen molar-refractivity contribution in [2.24, 2.45) is 0 Å². The minimum atomic E-state index is -3.46. The average molecular weight is 215 g/mol. The fraction of sp³-hybridized carbons (Fsp3) is 0.333. The molecule has 0 aliphatic heterocycles. The zero-order valence-electron chi connectivity index (χ0n) is 8.37. The third-order valence-electron chi connectivity index (χ3n) is 1.70. The first-order valence-corrected chi connectivity index (χ1v) is 5.92. The third kappa shape index (κ3) is 3.35. The second-order valence-electron chi connectivity index (χ2n) is 3.21. The topological polar surface area (TPSA) is 55.4 Å². The summed E-state index contributed by atoms with van der Waals surface area (Å²) in [6, 6.07) is 5.66. The Morgan fingerprint density at radius 3 is 2.50 bits per heavy atom. The van der Waals surface area contributed by atoms with E-state index >= 15 is 0 Å². The predicted molar refractivity (Wildman–Crippen MR) is 55.5 cm³/mol. The summed E-state index contributed by atoms with van der Waals surface area (Å²) in [5, 5.41) is 0. The zero-order valence-corrected chi connectivity index (χ0v) is 9.18. The van der Waals surface area contributed by atoms with E-state index in [1.165, 1.54) is 0 Å². The number of hydrogen-bond donors (Lipinski definition) is 1. The molecule has 1 aromatic rings. The molecule has 0 saturated carbocycles. The van der Waals surface area contributed by atoms with Crippen molar-refractivity contribution >= 4 is 15.8 Å². The smallest absolute Gasteiger partial charge is 0.249 e. The van der Waals surface area contributed by atoms with E-state index in [2.05, 4.69) is 9.76 Å². The molecule has 0 radical (unpaired) electrons. The standard InChI is InChI=1S/C9H13NO3S/c1-7-4-5-8(2)9(6-7)10-13-14(3,11)12/h4-6,10H,1-3H3. The van der Waals surface area contributed by atoms with Crippen molar-refractivity contribution in [2.75, 3.05) is 11.7 Å². The Morgan fingerprint density at radius 2 is 1.93 bits per heavy atom. The van der Waals surface area contributed by atoms with Crippen molar-refractivity contribution < 1.29 is 12.7 Å². The van der Waals surface area contributed by atoms with Gasteiger partial charge in [-0.3, -0.25) is 0 Å². The molecule has 1 aromatic carbocycles. The van der Waals surface area contributed by atoms with E-state index in [9.17, 15) is 8.42 Å². The lowest BCUT2D eigenvalue weighted by Gasteiger charge is -2.08. The van der Waals surface area contributed by atoms with E-state index in [0.29, 0.717) is 5.69 Å².